The van der Waals surface area contributed by atoms with E-state index in [4.69, 9.17) is 0 Å². The Balaban J connectivity index is 1.89. The Morgan fingerprint density at radius 2 is 2.25 bits per heavy atom. The summed E-state index contributed by atoms with van der Waals surface area (Å²) in [6.07, 6.45) is 5.51. The molecule has 3 rings (SSSR count). The summed E-state index contributed by atoms with van der Waals surface area (Å²) in [5.41, 5.74) is 1.53. The van der Waals surface area contributed by atoms with Gasteiger partial charge in [-0.25, -0.2) is 4.68 Å². The van der Waals surface area contributed by atoms with E-state index in [0.717, 1.165) is 10.9 Å². The molecule has 6 heteroatoms. The van der Waals surface area contributed by atoms with Crippen molar-refractivity contribution in [1.29, 1.82) is 0 Å². The van der Waals surface area contributed by atoms with Crippen LogP contribution in [0.5, 0.6) is 0 Å². The lowest BCUT2D eigenvalue weighted by atomic mass is 10.2. The van der Waals surface area contributed by atoms with Gasteiger partial charge in [-0.3, -0.25) is 14.7 Å². The fraction of sp³-hybridized carbons (Fsp3) is 0.214. The van der Waals surface area contributed by atoms with Crippen LogP contribution in [0, 0.1) is 0 Å². The van der Waals surface area contributed by atoms with Crippen LogP contribution < -0.4 is 0 Å². The van der Waals surface area contributed by atoms with Crippen molar-refractivity contribution in [2.24, 2.45) is 4.99 Å². The normalized spacial score (nSPS) is 14.4. The zero-order chi connectivity index (χ0) is 13.9. The molecule has 1 amide bonds. The molecule has 1 aliphatic heterocycles. The largest absolute Gasteiger partial charge is 0.286 e. The first kappa shape index (κ1) is 12.9. The molecular formula is C14H14N4OS. The molecule has 2 heterocycles. The molecule has 1 aromatic heterocycles. The summed E-state index contributed by atoms with van der Waals surface area (Å²) in [5, 5.41) is 4.97. The molecule has 0 radical (unpaired) electrons. The van der Waals surface area contributed by atoms with Gasteiger partial charge in [-0.15, -0.1) is 0 Å². The number of amides is 1. The number of carbonyl (C=O) groups excluding carboxylic acids is 1. The minimum absolute atomic E-state index is 0.00962. The second kappa shape index (κ2) is 5.50. The molecule has 5 nitrogen and oxygen atoms in total. The number of hydrogen-bond acceptors (Lipinski definition) is 4. The maximum atomic E-state index is 12.5. The summed E-state index contributed by atoms with van der Waals surface area (Å²) in [5.74, 6) is -0.00962. The average molecular weight is 286 g/mol. The topological polar surface area (TPSA) is 50.5 Å². The van der Waals surface area contributed by atoms with Gasteiger partial charge in [0.15, 0.2) is 5.17 Å². The zero-order valence-electron chi connectivity index (χ0n) is 11.1. The van der Waals surface area contributed by atoms with Gasteiger partial charge in [-0.05, 0) is 30.5 Å². The molecule has 20 heavy (non-hydrogen) atoms. The summed E-state index contributed by atoms with van der Waals surface area (Å²) in [4.78, 5) is 18.6. The van der Waals surface area contributed by atoms with E-state index < -0.39 is 0 Å². The van der Waals surface area contributed by atoms with E-state index in [2.05, 4.69) is 10.1 Å². The molecule has 0 fully saturated rings. The highest BCUT2D eigenvalue weighted by molar-refractivity contribution is 8.13. The third-order valence-corrected chi connectivity index (χ3v) is 3.81. The lowest BCUT2D eigenvalue weighted by Crippen LogP contribution is -2.32. The third kappa shape index (κ3) is 2.34. The maximum Gasteiger partial charge on any atom is 0.259 e. The average Bonchev–Trinajstić information content (AvgIpc) is 3.17. The molecule has 0 saturated carbocycles. The summed E-state index contributed by atoms with van der Waals surface area (Å²) in [7, 11) is 0. The Hall–Kier alpha value is -2.08. The van der Waals surface area contributed by atoms with Crippen LogP contribution in [-0.4, -0.2) is 45.1 Å². The number of nitrogens with zero attached hydrogens (tertiary/aromatic N) is 4. The van der Waals surface area contributed by atoms with Crippen molar-refractivity contribution in [3.05, 3.63) is 48.3 Å². The van der Waals surface area contributed by atoms with Crippen molar-refractivity contribution in [3.63, 3.8) is 0 Å². The van der Waals surface area contributed by atoms with Crippen LogP contribution in [-0.2, 0) is 0 Å². The Morgan fingerprint density at radius 3 is 3.00 bits per heavy atom. The van der Waals surface area contributed by atoms with Crippen LogP contribution in [0.2, 0.25) is 0 Å². The number of benzene rings is 1. The molecule has 102 valence electrons. The Labute approximate surface area is 121 Å². The monoisotopic (exact) mass is 286 g/mol. The zero-order valence-corrected chi connectivity index (χ0v) is 11.9. The molecule has 0 unspecified atom stereocenters. The van der Waals surface area contributed by atoms with Crippen molar-refractivity contribution >= 4 is 22.8 Å². The molecule has 0 atom stereocenters. The molecule has 1 aromatic carbocycles. The van der Waals surface area contributed by atoms with Gasteiger partial charge in [-0.2, -0.15) is 5.10 Å². The van der Waals surface area contributed by atoms with E-state index in [1.165, 1.54) is 11.8 Å². The van der Waals surface area contributed by atoms with Crippen LogP contribution in [0.25, 0.3) is 5.69 Å². The van der Waals surface area contributed by atoms with Crippen molar-refractivity contribution in [2.45, 2.75) is 0 Å². The molecule has 0 spiro atoms. The molecule has 1 aliphatic rings. The second-order valence-electron chi connectivity index (χ2n) is 4.33. The number of aromatic nitrogens is 2. The highest BCUT2D eigenvalue weighted by Gasteiger charge is 2.24. The van der Waals surface area contributed by atoms with E-state index in [9.17, 15) is 4.79 Å². The number of aliphatic imine (C=N–C) groups is 1. The van der Waals surface area contributed by atoms with Gasteiger partial charge >= 0.3 is 0 Å². The van der Waals surface area contributed by atoms with E-state index in [-0.39, 0.29) is 5.91 Å². The fourth-order valence-corrected chi connectivity index (χ4v) is 2.76. The number of amidine groups is 1. The fourth-order valence-electron chi connectivity index (χ4n) is 2.15. The highest BCUT2D eigenvalue weighted by Crippen LogP contribution is 2.17. The number of carbonyl (C=O) groups is 1. The lowest BCUT2D eigenvalue weighted by molar-refractivity contribution is 0.0860. The quantitative estimate of drug-likeness (QED) is 0.849. The maximum absolute atomic E-state index is 12.5. The minimum Gasteiger partial charge on any atom is -0.286 e. The van der Waals surface area contributed by atoms with Gasteiger partial charge in [0.05, 0.1) is 12.2 Å². The Morgan fingerprint density at radius 1 is 1.35 bits per heavy atom. The van der Waals surface area contributed by atoms with Gasteiger partial charge < -0.3 is 0 Å². The van der Waals surface area contributed by atoms with Crippen molar-refractivity contribution in [1.82, 2.24) is 14.7 Å². The molecule has 0 N–H and O–H groups in total. The first-order valence-corrected chi connectivity index (χ1v) is 7.52. The molecular weight excluding hydrogens is 272 g/mol. The Bertz CT molecular complexity index is 651. The lowest BCUT2D eigenvalue weighted by Gasteiger charge is -2.17. The highest BCUT2D eigenvalue weighted by atomic mass is 32.2. The number of hydrogen-bond donors (Lipinski definition) is 0. The summed E-state index contributed by atoms with van der Waals surface area (Å²) in [6.45, 7) is 1.34. The predicted molar refractivity (Wildman–Crippen MR) is 80.4 cm³/mol. The van der Waals surface area contributed by atoms with Crippen LogP contribution in [0.15, 0.2) is 47.7 Å². The van der Waals surface area contributed by atoms with E-state index in [1.807, 2.05) is 42.8 Å². The molecule has 0 saturated heterocycles. The standard InChI is InChI=1S/C14H14N4OS/c1-20-14-15-7-9-17(14)13(19)11-4-2-5-12(10-11)18-8-3-6-16-18/h2-6,8,10H,7,9H2,1H3. The van der Waals surface area contributed by atoms with Crippen LogP contribution in [0.1, 0.15) is 10.4 Å². The summed E-state index contributed by atoms with van der Waals surface area (Å²) in [6, 6.07) is 9.33. The molecule has 0 aliphatic carbocycles. The summed E-state index contributed by atoms with van der Waals surface area (Å²) >= 11 is 1.50. The second-order valence-corrected chi connectivity index (χ2v) is 5.10. The SMILES string of the molecule is CSC1=NCCN1C(=O)c1cccc(-n2cccn2)c1. The van der Waals surface area contributed by atoms with Gasteiger partial charge in [-0.1, -0.05) is 17.8 Å². The van der Waals surface area contributed by atoms with Gasteiger partial charge in [0.2, 0.25) is 0 Å². The molecule has 2 aromatic rings. The van der Waals surface area contributed by atoms with Crippen molar-refractivity contribution in [2.75, 3.05) is 19.3 Å². The van der Waals surface area contributed by atoms with Gasteiger partial charge in [0, 0.05) is 24.5 Å². The first-order valence-electron chi connectivity index (χ1n) is 6.30. The van der Waals surface area contributed by atoms with E-state index in [1.54, 1.807) is 15.8 Å². The summed E-state index contributed by atoms with van der Waals surface area (Å²) < 4.78 is 1.74. The molecule has 0 bridgehead atoms. The van der Waals surface area contributed by atoms with Gasteiger partial charge in [0.1, 0.15) is 0 Å². The predicted octanol–water partition coefficient (Wildman–Crippen LogP) is 2.05. The van der Waals surface area contributed by atoms with E-state index >= 15 is 0 Å². The van der Waals surface area contributed by atoms with Crippen LogP contribution in [0.4, 0.5) is 0 Å². The van der Waals surface area contributed by atoms with Crippen molar-refractivity contribution in [3.8, 4) is 5.69 Å². The van der Waals surface area contributed by atoms with Crippen LogP contribution in [0.3, 0.4) is 0 Å². The first-order chi connectivity index (χ1) is 9.79. The van der Waals surface area contributed by atoms with E-state index in [0.29, 0.717) is 18.7 Å². The number of rotatable bonds is 2. The minimum atomic E-state index is -0.00962. The van der Waals surface area contributed by atoms with Crippen LogP contribution >= 0.6 is 11.8 Å². The van der Waals surface area contributed by atoms with Crippen molar-refractivity contribution < 1.29 is 4.79 Å². The number of thioether (sulfide) groups is 1. The smallest absolute Gasteiger partial charge is 0.259 e. The van der Waals surface area contributed by atoms with Gasteiger partial charge in [0.25, 0.3) is 5.91 Å². The third-order valence-electron chi connectivity index (χ3n) is 3.09. The Kier molecular flexibility index (Phi) is 3.56.